The standard InChI is InChI=1S/C23H25Cl2N5O/c1-2-3-7-16-14-21(28-23(31)27-20-9-4-8-18(24)22(20)25)30(29-16)17-10-11-19-15(13-17)6-5-12-26-19/h4,8-11,13-14,26H,2-3,5-7,12H2,1H3,(H2,27,28,31). The van der Waals surface area contributed by atoms with Gasteiger partial charge in [0.15, 0.2) is 0 Å². The third kappa shape index (κ3) is 4.97. The Morgan fingerprint density at radius 1 is 1.19 bits per heavy atom. The molecule has 0 radical (unpaired) electrons. The Kier molecular flexibility index (Phi) is 6.68. The van der Waals surface area contributed by atoms with E-state index < -0.39 is 6.03 Å². The van der Waals surface area contributed by atoms with E-state index in [1.54, 1.807) is 22.9 Å². The van der Waals surface area contributed by atoms with E-state index in [1.807, 2.05) is 12.1 Å². The van der Waals surface area contributed by atoms with Crippen molar-refractivity contribution >= 4 is 46.4 Å². The van der Waals surface area contributed by atoms with Crippen molar-refractivity contribution in [2.24, 2.45) is 0 Å². The summed E-state index contributed by atoms with van der Waals surface area (Å²) in [6.07, 6.45) is 5.09. The van der Waals surface area contributed by atoms with Crippen molar-refractivity contribution in [3.63, 3.8) is 0 Å². The second-order valence-electron chi connectivity index (χ2n) is 7.59. The van der Waals surface area contributed by atoms with Gasteiger partial charge in [-0.1, -0.05) is 42.6 Å². The molecule has 1 aliphatic rings. The predicted octanol–water partition coefficient (Wildman–Crippen LogP) is 6.52. The minimum absolute atomic E-state index is 0.304. The Balaban J connectivity index is 1.61. The van der Waals surface area contributed by atoms with Crippen LogP contribution in [0.3, 0.4) is 0 Å². The highest BCUT2D eigenvalue weighted by Gasteiger charge is 2.16. The van der Waals surface area contributed by atoms with Gasteiger partial charge in [0, 0.05) is 18.3 Å². The normalized spacial score (nSPS) is 12.7. The van der Waals surface area contributed by atoms with Gasteiger partial charge in [-0.05, 0) is 61.6 Å². The number of hydrogen-bond acceptors (Lipinski definition) is 3. The molecular weight excluding hydrogens is 433 g/mol. The molecule has 3 N–H and O–H groups in total. The van der Waals surface area contributed by atoms with Gasteiger partial charge < -0.3 is 10.6 Å². The van der Waals surface area contributed by atoms with Crippen molar-refractivity contribution in [3.8, 4) is 5.69 Å². The zero-order chi connectivity index (χ0) is 21.8. The summed E-state index contributed by atoms with van der Waals surface area (Å²) in [5.41, 5.74) is 4.73. The highest BCUT2D eigenvalue weighted by molar-refractivity contribution is 6.44. The molecule has 0 saturated carbocycles. The summed E-state index contributed by atoms with van der Waals surface area (Å²) in [7, 11) is 0. The Labute approximate surface area is 191 Å². The topological polar surface area (TPSA) is 71.0 Å². The first kappa shape index (κ1) is 21.5. The zero-order valence-corrected chi connectivity index (χ0v) is 18.9. The minimum Gasteiger partial charge on any atom is -0.385 e. The van der Waals surface area contributed by atoms with Crippen molar-refractivity contribution in [3.05, 3.63) is 63.8 Å². The maximum atomic E-state index is 12.7. The van der Waals surface area contributed by atoms with Crippen molar-refractivity contribution in [2.45, 2.75) is 39.0 Å². The largest absolute Gasteiger partial charge is 0.385 e. The van der Waals surface area contributed by atoms with E-state index >= 15 is 0 Å². The van der Waals surface area contributed by atoms with Crippen LogP contribution in [-0.4, -0.2) is 22.4 Å². The SMILES string of the molecule is CCCCc1cc(NC(=O)Nc2cccc(Cl)c2Cl)n(-c2ccc3c(c2)CCCN3)n1. The number of hydrogen-bond donors (Lipinski definition) is 3. The summed E-state index contributed by atoms with van der Waals surface area (Å²) in [6, 6.07) is 12.9. The molecule has 4 rings (SSSR count). The predicted molar refractivity (Wildman–Crippen MR) is 128 cm³/mol. The number of unbranched alkanes of at least 4 members (excludes halogenated alkanes) is 1. The first-order valence-corrected chi connectivity index (χ1v) is 11.3. The molecule has 31 heavy (non-hydrogen) atoms. The molecular formula is C23H25Cl2N5O. The highest BCUT2D eigenvalue weighted by atomic mass is 35.5. The van der Waals surface area contributed by atoms with Crippen molar-refractivity contribution in [1.82, 2.24) is 9.78 Å². The van der Waals surface area contributed by atoms with E-state index in [-0.39, 0.29) is 0 Å². The summed E-state index contributed by atoms with van der Waals surface area (Å²) in [6.45, 7) is 3.14. The number of carbonyl (C=O) groups is 1. The van der Waals surface area contributed by atoms with Crippen LogP contribution in [0.25, 0.3) is 5.69 Å². The zero-order valence-electron chi connectivity index (χ0n) is 17.3. The van der Waals surface area contributed by atoms with Gasteiger partial charge >= 0.3 is 6.03 Å². The van der Waals surface area contributed by atoms with Crippen molar-refractivity contribution < 1.29 is 4.79 Å². The van der Waals surface area contributed by atoms with Crippen LogP contribution < -0.4 is 16.0 Å². The summed E-state index contributed by atoms with van der Waals surface area (Å²) in [5.74, 6) is 0.602. The first-order valence-electron chi connectivity index (χ1n) is 10.5. The van der Waals surface area contributed by atoms with Gasteiger partial charge in [-0.25, -0.2) is 9.48 Å². The maximum absolute atomic E-state index is 12.7. The van der Waals surface area contributed by atoms with E-state index in [0.29, 0.717) is 21.6 Å². The number of amides is 2. The van der Waals surface area contributed by atoms with E-state index in [1.165, 1.54) is 5.56 Å². The van der Waals surface area contributed by atoms with Crippen LogP contribution in [0, 0.1) is 0 Å². The Hall–Kier alpha value is -2.70. The van der Waals surface area contributed by atoms with Crippen LogP contribution in [0.15, 0.2) is 42.5 Å². The van der Waals surface area contributed by atoms with Gasteiger partial charge in [0.25, 0.3) is 0 Å². The number of aryl methyl sites for hydroxylation is 2. The lowest BCUT2D eigenvalue weighted by Crippen LogP contribution is -2.21. The quantitative estimate of drug-likeness (QED) is 0.394. The van der Waals surface area contributed by atoms with Gasteiger partial charge in [0.1, 0.15) is 5.82 Å². The maximum Gasteiger partial charge on any atom is 0.324 e. The van der Waals surface area contributed by atoms with Gasteiger partial charge in [0.2, 0.25) is 0 Å². The van der Waals surface area contributed by atoms with Crippen LogP contribution in [0.1, 0.15) is 37.4 Å². The summed E-state index contributed by atoms with van der Waals surface area (Å²) >= 11 is 12.2. The average molecular weight is 458 g/mol. The molecule has 0 spiro atoms. The monoisotopic (exact) mass is 457 g/mol. The van der Waals surface area contributed by atoms with Gasteiger partial charge in [-0.2, -0.15) is 5.10 Å². The molecule has 0 aliphatic carbocycles. The number of carbonyl (C=O) groups excluding carboxylic acids is 1. The molecule has 2 heterocycles. The fraction of sp³-hybridized carbons (Fsp3) is 0.304. The molecule has 0 bridgehead atoms. The molecule has 2 amide bonds. The number of benzene rings is 2. The second-order valence-corrected chi connectivity index (χ2v) is 8.37. The molecule has 162 valence electrons. The summed E-state index contributed by atoms with van der Waals surface area (Å²) < 4.78 is 1.79. The van der Waals surface area contributed by atoms with E-state index in [9.17, 15) is 4.79 Å². The van der Waals surface area contributed by atoms with Gasteiger partial charge in [-0.15, -0.1) is 0 Å². The van der Waals surface area contributed by atoms with Crippen LogP contribution in [-0.2, 0) is 12.8 Å². The molecule has 0 unspecified atom stereocenters. The number of aromatic nitrogens is 2. The van der Waals surface area contributed by atoms with E-state index in [4.69, 9.17) is 28.3 Å². The molecule has 1 aromatic heterocycles. The van der Waals surface area contributed by atoms with Crippen LogP contribution in [0.5, 0.6) is 0 Å². The van der Waals surface area contributed by atoms with E-state index in [0.717, 1.165) is 55.7 Å². The third-order valence-electron chi connectivity index (χ3n) is 5.26. The third-order valence-corrected chi connectivity index (χ3v) is 6.08. The molecule has 8 heteroatoms. The van der Waals surface area contributed by atoms with Crippen LogP contribution >= 0.6 is 23.2 Å². The molecule has 2 aromatic carbocycles. The first-order chi connectivity index (χ1) is 15.0. The Morgan fingerprint density at radius 2 is 2.06 bits per heavy atom. The lowest BCUT2D eigenvalue weighted by molar-refractivity contribution is 0.262. The second kappa shape index (κ2) is 9.62. The summed E-state index contributed by atoms with van der Waals surface area (Å²) in [4.78, 5) is 12.7. The Bertz CT molecular complexity index is 1100. The highest BCUT2D eigenvalue weighted by Crippen LogP contribution is 2.30. The number of nitrogens with one attached hydrogen (secondary N) is 3. The molecule has 6 nitrogen and oxygen atoms in total. The fourth-order valence-corrected chi connectivity index (χ4v) is 4.01. The van der Waals surface area contributed by atoms with Crippen molar-refractivity contribution in [1.29, 1.82) is 0 Å². The minimum atomic E-state index is -0.410. The number of fused-ring (bicyclic) bond motifs is 1. The molecule has 1 aliphatic heterocycles. The van der Waals surface area contributed by atoms with E-state index in [2.05, 4.69) is 35.0 Å². The van der Waals surface area contributed by atoms with Crippen LogP contribution in [0.4, 0.5) is 22.0 Å². The number of halogens is 2. The number of rotatable bonds is 6. The molecule has 0 fully saturated rings. The smallest absolute Gasteiger partial charge is 0.324 e. The molecule has 3 aromatic rings. The lowest BCUT2D eigenvalue weighted by atomic mass is 10.0. The average Bonchev–Trinajstić information content (AvgIpc) is 3.17. The van der Waals surface area contributed by atoms with Gasteiger partial charge in [-0.3, -0.25) is 5.32 Å². The molecule has 0 atom stereocenters. The fourth-order valence-electron chi connectivity index (χ4n) is 3.66. The van der Waals surface area contributed by atoms with Crippen LogP contribution in [0.2, 0.25) is 10.0 Å². The lowest BCUT2D eigenvalue weighted by Gasteiger charge is -2.19. The Morgan fingerprint density at radius 3 is 2.90 bits per heavy atom. The summed E-state index contributed by atoms with van der Waals surface area (Å²) in [5, 5.41) is 14.6. The number of urea groups is 1. The van der Waals surface area contributed by atoms with Crippen molar-refractivity contribution in [2.75, 3.05) is 22.5 Å². The number of anilines is 3. The number of nitrogens with zero attached hydrogens (tertiary/aromatic N) is 2. The van der Waals surface area contributed by atoms with Gasteiger partial charge in [0.05, 0.1) is 27.1 Å². The molecule has 0 saturated heterocycles.